The quantitative estimate of drug-likeness (QED) is 0.530. The Balaban J connectivity index is 1.25. The topological polar surface area (TPSA) is 89.5 Å². The summed E-state index contributed by atoms with van der Waals surface area (Å²) in [6, 6.07) is 4.99. The first kappa shape index (κ1) is 23.9. The molecule has 0 N–H and O–H groups in total. The number of carbonyl (C=O) groups is 1. The van der Waals surface area contributed by atoms with E-state index in [0.29, 0.717) is 17.8 Å². The SMILES string of the molecule is CCc1nn(-c2noc(C3CCN(C4(C)CCN(C(=O)COC)CC4)CC3)n2)c2c(F)cccc12. The van der Waals surface area contributed by atoms with Gasteiger partial charge < -0.3 is 14.2 Å². The van der Waals surface area contributed by atoms with Crippen molar-refractivity contribution in [2.24, 2.45) is 0 Å². The number of benzene rings is 1. The van der Waals surface area contributed by atoms with Crippen LogP contribution in [0, 0.1) is 5.82 Å². The number of aryl methyl sites for hydroxylation is 1. The minimum Gasteiger partial charge on any atom is -0.375 e. The highest BCUT2D eigenvalue weighted by molar-refractivity contribution is 5.83. The molecule has 0 unspecified atom stereocenters. The van der Waals surface area contributed by atoms with E-state index < -0.39 is 0 Å². The number of likely N-dealkylation sites (tertiary alicyclic amines) is 2. The summed E-state index contributed by atoms with van der Waals surface area (Å²) in [7, 11) is 1.56. The van der Waals surface area contributed by atoms with Crippen LogP contribution in [0.15, 0.2) is 22.7 Å². The number of piperidine rings is 2. The fourth-order valence-corrected chi connectivity index (χ4v) is 5.51. The lowest BCUT2D eigenvalue weighted by Crippen LogP contribution is -2.56. The van der Waals surface area contributed by atoms with Crippen LogP contribution in [0.5, 0.6) is 0 Å². The largest absolute Gasteiger partial charge is 0.375 e. The number of hydrogen-bond donors (Lipinski definition) is 0. The number of rotatable bonds is 6. The molecule has 2 aliphatic rings. The van der Waals surface area contributed by atoms with Gasteiger partial charge in [0, 0.05) is 37.0 Å². The molecule has 2 fully saturated rings. The molecule has 0 bridgehead atoms. The number of halogens is 1. The zero-order valence-corrected chi connectivity index (χ0v) is 20.7. The average Bonchev–Trinajstić information content (AvgIpc) is 3.50. The van der Waals surface area contributed by atoms with Gasteiger partial charge in [-0.15, -0.1) is 0 Å². The minimum atomic E-state index is -0.349. The van der Waals surface area contributed by atoms with E-state index >= 15 is 0 Å². The summed E-state index contributed by atoms with van der Waals surface area (Å²) in [4.78, 5) is 21.2. The van der Waals surface area contributed by atoms with Crippen molar-refractivity contribution in [2.45, 2.75) is 57.4 Å². The standard InChI is InChI=1S/C25H33FN6O3/c1-4-20-18-6-5-7-19(26)22(18)32(28-20)24-27-23(35-29-24)17-8-12-31(13-9-17)25(2)10-14-30(15-11-25)21(33)16-34-3/h5-7,17H,4,8-16H2,1-3H3. The van der Waals surface area contributed by atoms with E-state index in [2.05, 4.69) is 27.1 Å². The van der Waals surface area contributed by atoms with Crippen LogP contribution >= 0.6 is 0 Å². The van der Waals surface area contributed by atoms with Gasteiger partial charge >= 0.3 is 0 Å². The van der Waals surface area contributed by atoms with Gasteiger partial charge in [-0.05, 0) is 63.3 Å². The van der Waals surface area contributed by atoms with E-state index in [1.807, 2.05) is 17.9 Å². The summed E-state index contributed by atoms with van der Waals surface area (Å²) in [5, 5.41) is 9.48. The highest BCUT2D eigenvalue weighted by Gasteiger charge is 2.39. The van der Waals surface area contributed by atoms with Crippen molar-refractivity contribution in [1.82, 2.24) is 29.7 Å². The Labute approximate surface area is 204 Å². The van der Waals surface area contributed by atoms with Gasteiger partial charge in [0.15, 0.2) is 0 Å². The maximum absolute atomic E-state index is 14.6. The predicted octanol–water partition coefficient (Wildman–Crippen LogP) is 3.32. The Kier molecular flexibility index (Phi) is 6.59. The number of methoxy groups -OCH3 is 1. The normalized spacial score (nSPS) is 19.5. The van der Waals surface area contributed by atoms with Crippen LogP contribution in [-0.2, 0) is 16.0 Å². The van der Waals surface area contributed by atoms with Crippen molar-refractivity contribution in [3.63, 3.8) is 0 Å². The Morgan fingerprint density at radius 1 is 1.23 bits per heavy atom. The van der Waals surface area contributed by atoms with Crippen LogP contribution < -0.4 is 0 Å². The third kappa shape index (κ3) is 4.45. The van der Waals surface area contributed by atoms with Crippen LogP contribution in [0.25, 0.3) is 16.9 Å². The fraction of sp³-hybridized carbons (Fsp3) is 0.600. The summed E-state index contributed by atoms with van der Waals surface area (Å²) in [5.74, 6) is 0.742. The van der Waals surface area contributed by atoms with Crippen molar-refractivity contribution in [3.05, 3.63) is 35.6 Å². The lowest BCUT2D eigenvalue weighted by atomic mass is 9.84. The van der Waals surface area contributed by atoms with Crippen LogP contribution in [0.4, 0.5) is 4.39 Å². The Morgan fingerprint density at radius 2 is 1.97 bits per heavy atom. The van der Waals surface area contributed by atoms with Crippen LogP contribution in [0.3, 0.4) is 0 Å². The van der Waals surface area contributed by atoms with Gasteiger partial charge in [-0.25, -0.2) is 4.39 Å². The van der Waals surface area contributed by atoms with Crippen LogP contribution in [0.2, 0.25) is 0 Å². The molecule has 188 valence electrons. The second kappa shape index (κ2) is 9.66. The number of nitrogens with zero attached hydrogens (tertiary/aromatic N) is 6. The zero-order chi connectivity index (χ0) is 24.6. The van der Waals surface area contributed by atoms with E-state index in [0.717, 1.165) is 62.9 Å². The van der Waals surface area contributed by atoms with Gasteiger partial charge in [-0.3, -0.25) is 9.69 Å². The van der Waals surface area contributed by atoms with E-state index in [-0.39, 0.29) is 35.7 Å². The van der Waals surface area contributed by atoms with Gasteiger partial charge in [0.25, 0.3) is 5.95 Å². The number of hydrogen-bond acceptors (Lipinski definition) is 7. The molecule has 0 spiro atoms. The average molecular weight is 485 g/mol. The first-order valence-electron chi connectivity index (χ1n) is 12.5. The zero-order valence-electron chi connectivity index (χ0n) is 20.7. The molecule has 1 aromatic carbocycles. The highest BCUT2D eigenvalue weighted by atomic mass is 19.1. The van der Waals surface area contributed by atoms with Gasteiger partial charge in [0.1, 0.15) is 17.9 Å². The molecular formula is C25H33FN6O3. The Bertz CT molecular complexity index is 1190. The third-order valence-corrected chi connectivity index (χ3v) is 7.75. The van der Waals surface area contributed by atoms with Crippen molar-refractivity contribution < 1.29 is 18.4 Å². The first-order valence-corrected chi connectivity index (χ1v) is 12.5. The summed E-state index contributed by atoms with van der Waals surface area (Å²) in [6.07, 6.45) is 4.42. The number of amides is 1. The third-order valence-electron chi connectivity index (χ3n) is 7.75. The first-order chi connectivity index (χ1) is 16.9. The lowest BCUT2D eigenvalue weighted by molar-refractivity contribution is -0.138. The maximum Gasteiger partial charge on any atom is 0.291 e. The van der Waals surface area contributed by atoms with Gasteiger partial charge in [-0.1, -0.05) is 19.1 Å². The maximum atomic E-state index is 14.6. The minimum absolute atomic E-state index is 0.0661. The molecule has 1 amide bonds. The lowest BCUT2D eigenvalue weighted by Gasteiger charge is -2.49. The molecule has 10 heteroatoms. The van der Waals surface area contributed by atoms with E-state index in [4.69, 9.17) is 9.26 Å². The molecule has 5 rings (SSSR count). The molecule has 2 aliphatic heterocycles. The van der Waals surface area contributed by atoms with Crippen molar-refractivity contribution >= 4 is 16.8 Å². The Morgan fingerprint density at radius 3 is 2.66 bits per heavy atom. The molecule has 3 aromatic rings. The van der Waals surface area contributed by atoms with Gasteiger partial charge in [0.2, 0.25) is 11.8 Å². The van der Waals surface area contributed by atoms with E-state index in [1.54, 1.807) is 13.2 Å². The molecule has 0 atom stereocenters. The molecule has 35 heavy (non-hydrogen) atoms. The van der Waals surface area contributed by atoms with Gasteiger partial charge in [-0.2, -0.15) is 14.8 Å². The summed E-state index contributed by atoms with van der Waals surface area (Å²) in [5.41, 5.74) is 1.27. The molecule has 0 radical (unpaired) electrons. The molecule has 4 heterocycles. The van der Waals surface area contributed by atoms with Crippen LogP contribution in [-0.4, -0.2) is 81.1 Å². The summed E-state index contributed by atoms with van der Waals surface area (Å²) >= 11 is 0. The van der Waals surface area contributed by atoms with E-state index in [9.17, 15) is 9.18 Å². The molecule has 9 nitrogen and oxygen atoms in total. The molecule has 0 aliphatic carbocycles. The number of aromatic nitrogens is 4. The number of ether oxygens (including phenoxy) is 1. The Hall–Kier alpha value is -2.85. The van der Waals surface area contributed by atoms with Crippen molar-refractivity contribution in [1.29, 1.82) is 0 Å². The second-order valence-corrected chi connectivity index (χ2v) is 9.85. The second-order valence-electron chi connectivity index (χ2n) is 9.85. The van der Waals surface area contributed by atoms with Crippen molar-refractivity contribution in [2.75, 3.05) is 39.9 Å². The summed E-state index contributed by atoms with van der Waals surface area (Å²) in [6.45, 7) is 7.84. The molecule has 0 saturated carbocycles. The monoisotopic (exact) mass is 484 g/mol. The fourth-order valence-electron chi connectivity index (χ4n) is 5.51. The number of carbonyl (C=O) groups excluding carboxylic acids is 1. The number of fused-ring (bicyclic) bond motifs is 1. The van der Waals surface area contributed by atoms with E-state index in [1.165, 1.54) is 10.7 Å². The van der Waals surface area contributed by atoms with Crippen molar-refractivity contribution in [3.8, 4) is 5.95 Å². The summed E-state index contributed by atoms with van der Waals surface area (Å²) < 4.78 is 26.7. The molecule has 2 aromatic heterocycles. The van der Waals surface area contributed by atoms with Gasteiger partial charge in [0.05, 0.1) is 5.69 Å². The predicted molar refractivity (Wildman–Crippen MR) is 128 cm³/mol. The highest BCUT2D eigenvalue weighted by Crippen LogP contribution is 2.35. The molecular weight excluding hydrogens is 451 g/mol. The number of para-hydroxylation sites is 1. The molecule has 2 saturated heterocycles. The smallest absolute Gasteiger partial charge is 0.291 e. The van der Waals surface area contributed by atoms with Crippen LogP contribution in [0.1, 0.15) is 57.0 Å².